The van der Waals surface area contributed by atoms with Crippen molar-refractivity contribution in [3.8, 4) is 17.4 Å². The molecule has 1 aromatic carbocycles. The monoisotopic (exact) mass is 265 g/mol. The first kappa shape index (κ1) is 11.2. The second-order valence-corrected chi connectivity index (χ2v) is 5.06. The summed E-state index contributed by atoms with van der Waals surface area (Å²) in [6.07, 6.45) is 0.251. The van der Waals surface area contributed by atoms with Gasteiger partial charge in [-0.25, -0.2) is 0 Å². The lowest BCUT2D eigenvalue weighted by atomic mass is 10.2. The van der Waals surface area contributed by atoms with E-state index < -0.39 is 0 Å². The number of thiazole rings is 1. The van der Waals surface area contributed by atoms with Gasteiger partial charge < -0.3 is 14.6 Å². The van der Waals surface area contributed by atoms with Crippen molar-refractivity contribution in [2.75, 3.05) is 6.61 Å². The lowest BCUT2D eigenvalue weighted by Crippen LogP contribution is -2.30. The molecular weight excluding hydrogens is 254 g/mol. The molecule has 0 saturated heterocycles. The second kappa shape index (κ2) is 4.38. The van der Waals surface area contributed by atoms with Gasteiger partial charge in [-0.15, -0.1) is 0 Å². The number of ether oxygens (including phenoxy) is 2. The van der Waals surface area contributed by atoms with Crippen molar-refractivity contribution in [1.82, 2.24) is 4.98 Å². The molecule has 5 nitrogen and oxygen atoms in total. The van der Waals surface area contributed by atoms with Gasteiger partial charge in [-0.2, -0.15) is 0 Å². The van der Waals surface area contributed by atoms with E-state index in [2.05, 4.69) is 4.98 Å². The summed E-state index contributed by atoms with van der Waals surface area (Å²) in [6.45, 7) is 0.405. The van der Waals surface area contributed by atoms with E-state index in [0.29, 0.717) is 23.7 Å². The highest BCUT2D eigenvalue weighted by molar-refractivity contribution is 7.09. The van der Waals surface area contributed by atoms with E-state index in [1.165, 1.54) is 0 Å². The molecule has 94 valence electrons. The number of aromatic hydroxyl groups is 1. The molecule has 0 spiro atoms. The van der Waals surface area contributed by atoms with Crippen molar-refractivity contribution in [3.63, 3.8) is 0 Å². The summed E-state index contributed by atoms with van der Waals surface area (Å²) in [7, 11) is 0. The summed E-state index contributed by atoms with van der Waals surface area (Å²) >= 11 is 0.993. The SMILES string of the molecule is O=c1[nH]c(O)c(CC2COc3ccccc3O2)s1. The number of hydrogen-bond acceptors (Lipinski definition) is 5. The molecule has 6 heteroatoms. The fourth-order valence-corrected chi connectivity index (χ4v) is 2.65. The highest BCUT2D eigenvalue weighted by Crippen LogP contribution is 2.32. The average Bonchev–Trinajstić information content (AvgIpc) is 2.68. The molecule has 3 rings (SSSR count). The van der Waals surface area contributed by atoms with Crippen LogP contribution in [0.15, 0.2) is 29.1 Å². The predicted molar refractivity (Wildman–Crippen MR) is 66.7 cm³/mol. The number of benzene rings is 1. The molecule has 1 unspecified atom stereocenters. The first-order valence-electron chi connectivity index (χ1n) is 5.52. The van der Waals surface area contributed by atoms with Crippen molar-refractivity contribution in [2.24, 2.45) is 0 Å². The number of rotatable bonds is 2. The number of nitrogens with one attached hydrogen (secondary N) is 1. The van der Waals surface area contributed by atoms with Gasteiger partial charge in [0.2, 0.25) is 5.88 Å². The smallest absolute Gasteiger partial charge is 0.307 e. The Morgan fingerprint density at radius 2 is 2.17 bits per heavy atom. The predicted octanol–water partition coefficient (Wildman–Crippen LogP) is 1.52. The molecule has 0 saturated carbocycles. The van der Waals surface area contributed by atoms with Crippen LogP contribution in [0, 0.1) is 0 Å². The van der Waals surface area contributed by atoms with E-state index in [1.54, 1.807) is 0 Å². The lowest BCUT2D eigenvalue weighted by molar-refractivity contribution is 0.0914. The zero-order valence-corrected chi connectivity index (χ0v) is 10.2. The molecule has 0 radical (unpaired) electrons. The largest absolute Gasteiger partial charge is 0.494 e. The van der Waals surface area contributed by atoms with Gasteiger partial charge >= 0.3 is 4.87 Å². The molecule has 1 aliphatic rings. The van der Waals surface area contributed by atoms with E-state index in [9.17, 15) is 9.90 Å². The van der Waals surface area contributed by atoms with Crippen molar-refractivity contribution >= 4 is 11.3 Å². The summed E-state index contributed by atoms with van der Waals surface area (Å²) in [5.74, 6) is 1.34. The van der Waals surface area contributed by atoms with Gasteiger partial charge in [0.05, 0.1) is 4.88 Å². The van der Waals surface area contributed by atoms with E-state index in [-0.39, 0.29) is 16.9 Å². The fourth-order valence-electron chi connectivity index (χ4n) is 1.86. The minimum atomic E-state index is -0.264. The van der Waals surface area contributed by atoms with Crippen LogP contribution in [0.25, 0.3) is 0 Å². The number of H-pyrrole nitrogens is 1. The summed E-state index contributed by atoms with van der Waals surface area (Å²) in [5, 5.41) is 9.52. The van der Waals surface area contributed by atoms with Gasteiger partial charge in [0.25, 0.3) is 0 Å². The summed E-state index contributed by atoms with van der Waals surface area (Å²) in [5.41, 5.74) is 0. The Kier molecular flexibility index (Phi) is 2.71. The van der Waals surface area contributed by atoms with Crippen LogP contribution in [0.4, 0.5) is 0 Å². The Labute approximate surface area is 107 Å². The molecule has 2 N–H and O–H groups in total. The first-order chi connectivity index (χ1) is 8.72. The standard InChI is InChI=1S/C12H11NO4S/c14-11-10(18-12(15)13-11)5-7-6-16-8-3-1-2-4-9(8)17-7/h1-4,7,14H,5-6H2,(H,13,15). The molecule has 1 aliphatic heterocycles. The highest BCUT2D eigenvalue weighted by atomic mass is 32.1. The van der Waals surface area contributed by atoms with Gasteiger partial charge in [0.1, 0.15) is 12.7 Å². The summed E-state index contributed by atoms with van der Waals surface area (Å²) in [6, 6.07) is 7.43. The van der Waals surface area contributed by atoms with Gasteiger partial charge in [-0.05, 0) is 12.1 Å². The highest BCUT2D eigenvalue weighted by Gasteiger charge is 2.23. The van der Waals surface area contributed by atoms with Gasteiger partial charge in [0.15, 0.2) is 11.5 Å². The number of hydrogen-bond donors (Lipinski definition) is 2. The summed E-state index contributed by atoms with van der Waals surface area (Å²) in [4.78, 5) is 13.7. The van der Waals surface area contributed by atoms with E-state index >= 15 is 0 Å². The third-order valence-corrected chi connectivity index (χ3v) is 3.57. The van der Waals surface area contributed by atoms with Crippen LogP contribution in [0.2, 0.25) is 0 Å². The summed E-state index contributed by atoms with van der Waals surface area (Å²) < 4.78 is 11.3. The Hall–Kier alpha value is -1.95. The molecule has 0 fully saturated rings. The van der Waals surface area contributed by atoms with Crippen LogP contribution in [0.5, 0.6) is 17.4 Å². The fraction of sp³-hybridized carbons (Fsp3) is 0.250. The molecule has 2 aromatic rings. The topological polar surface area (TPSA) is 71.6 Å². The third kappa shape index (κ3) is 2.06. The van der Waals surface area contributed by atoms with Crippen LogP contribution >= 0.6 is 11.3 Å². The normalized spacial score (nSPS) is 17.7. The Balaban J connectivity index is 1.77. The lowest BCUT2D eigenvalue weighted by Gasteiger charge is -2.25. The minimum Gasteiger partial charge on any atom is -0.494 e. The van der Waals surface area contributed by atoms with Gasteiger partial charge in [-0.3, -0.25) is 9.78 Å². The maximum Gasteiger partial charge on any atom is 0.307 e. The second-order valence-electron chi connectivity index (χ2n) is 3.99. The van der Waals surface area contributed by atoms with Crippen molar-refractivity contribution in [3.05, 3.63) is 38.8 Å². The Morgan fingerprint density at radius 1 is 1.39 bits per heavy atom. The zero-order valence-electron chi connectivity index (χ0n) is 9.38. The zero-order chi connectivity index (χ0) is 12.5. The van der Waals surface area contributed by atoms with Crippen molar-refractivity contribution in [1.29, 1.82) is 0 Å². The van der Waals surface area contributed by atoms with Crippen LogP contribution in [-0.4, -0.2) is 22.8 Å². The molecule has 0 amide bonds. The van der Waals surface area contributed by atoms with Gasteiger partial charge in [-0.1, -0.05) is 23.5 Å². The molecule has 1 atom stereocenters. The maximum atomic E-state index is 11.1. The quantitative estimate of drug-likeness (QED) is 0.863. The number of aromatic nitrogens is 1. The molecule has 0 bridgehead atoms. The van der Waals surface area contributed by atoms with E-state index in [1.807, 2.05) is 24.3 Å². The molecule has 18 heavy (non-hydrogen) atoms. The number of fused-ring (bicyclic) bond motifs is 1. The first-order valence-corrected chi connectivity index (χ1v) is 6.33. The minimum absolute atomic E-state index is 0.0764. The maximum absolute atomic E-state index is 11.1. The number of aromatic amines is 1. The van der Waals surface area contributed by atoms with Crippen LogP contribution < -0.4 is 14.3 Å². The van der Waals surface area contributed by atoms with Crippen LogP contribution in [0.1, 0.15) is 4.88 Å². The Morgan fingerprint density at radius 3 is 2.89 bits per heavy atom. The van der Waals surface area contributed by atoms with Crippen molar-refractivity contribution in [2.45, 2.75) is 12.5 Å². The molecule has 0 aliphatic carbocycles. The Bertz CT molecular complexity index is 619. The van der Waals surface area contributed by atoms with E-state index in [4.69, 9.17) is 9.47 Å². The molecular formula is C12H11NO4S. The van der Waals surface area contributed by atoms with Crippen molar-refractivity contribution < 1.29 is 14.6 Å². The number of para-hydroxylation sites is 2. The van der Waals surface area contributed by atoms with E-state index in [0.717, 1.165) is 17.1 Å². The molecule has 2 heterocycles. The third-order valence-electron chi connectivity index (χ3n) is 2.68. The average molecular weight is 265 g/mol. The van der Waals surface area contributed by atoms with Crippen LogP contribution in [-0.2, 0) is 6.42 Å². The molecule has 1 aromatic heterocycles. The van der Waals surface area contributed by atoms with Crippen LogP contribution in [0.3, 0.4) is 0 Å². The van der Waals surface area contributed by atoms with Gasteiger partial charge in [0, 0.05) is 6.42 Å².